The lowest BCUT2D eigenvalue weighted by Crippen LogP contribution is -2.49. The molecule has 0 radical (unpaired) electrons. The van der Waals surface area contributed by atoms with Crippen LogP contribution >= 0.6 is 0 Å². The zero-order valence-electron chi connectivity index (χ0n) is 14.1. The molecule has 1 fully saturated rings. The molecule has 1 saturated heterocycles. The first-order valence-corrected chi connectivity index (χ1v) is 8.50. The molecule has 2 aromatic rings. The van der Waals surface area contributed by atoms with Crippen molar-refractivity contribution < 1.29 is 4.42 Å². The lowest BCUT2D eigenvalue weighted by molar-refractivity contribution is 0.458. The molecular weight excluding hydrogens is 302 g/mol. The Labute approximate surface area is 143 Å². The number of nitrogens with zero attached hydrogens (tertiary/aromatic N) is 3. The van der Waals surface area contributed by atoms with Crippen molar-refractivity contribution in [3.63, 3.8) is 0 Å². The normalized spacial score (nSPS) is 16.2. The van der Waals surface area contributed by atoms with E-state index >= 15 is 0 Å². The van der Waals surface area contributed by atoms with Crippen molar-refractivity contribution in [1.29, 1.82) is 0 Å². The maximum Gasteiger partial charge on any atom is 0.191 e. The van der Waals surface area contributed by atoms with E-state index in [0.29, 0.717) is 6.04 Å². The molecule has 6 nitrogen and oxygen atoms in total. The minimum Gasteiger partial charge on any atom is -0.469 e. The Morgan fingerprint density at radius 3 is 2.83 bits per heavy atom. The number of hydrogen-bond acceptors (Lipinski definition) is 4. The van der Waals surface area contributed by atoms with Crippen molar-refractivity contribution in [3.8, 4) is 0 Å². The molecular formula is C18H25N5O. The van der Waals surface area contributed by atoms with Gasteiger partial charge in [0.05, 0.1) is 6.26 Å². The van der Waals surface area contributed by atoms with Crippen LogP contribution in [0.5, 0.6) is 0 Å². The molecule has 2 aromatic heterocycles. The molecule has 0 saturated carbocycles. The van der Waals surface area contributed by atoms with Gasteiger partial charge in [0.2, 0.25) is 0 Å². The summed E-state index contributed by atoms with van der Waals surface area (Å²) < 4.78 is 5.34. The van der Waals surface area contributed by atoms with E-state index in [4.69, 9.17) is 4.42 Å². The molecule has 0 unspecified atom stereocenters. The Kier molecular flexibility index (Phi) is 5.71. The van der Waals surface area contributed by atoms with Gasteiger partial charge < -0.3 is 20.0 Å². The zero-order valence-corrected chi connectivity index (χ0v) is 14.1. The van der Waals surface area contributed by atoms with Crippen molar-refractivity contribution in [2.45, 2.75) is 25.3 Å². The van der Waals surface area contributed by atoms with Crippen LogP contribution in [0.15, 0.2) is 52.2 Å². The summed E-state index contributed by atoms with van der Waals surface area (Å²) in [4.78, 5) is 11.1. The molecule has 3 heterocycles. The smallest absolute Gasteiger partial charge is 0.191 e. The summed E-state index contributed by atoms with van der Waals surface area (Å²) in [7, 11) is 1.81. The third kappa shape index (κ3) is 4.50. The van der Waals surface area contributed by atoms with Gasteiger partial charge in [0.1, 0.15) is 11.6 Å². The molecule has 0 aliphatic carbocycles. The van der Waals surface area contributed by atoms with Gasteiger partial charge in [-0.1, -0.05) is 6.07 Å². The number of furan rings is 1. The maximum atomic E-state index is 5.34. The van der Waals surface area contributed by atoms with Crippen molar-refractivity contribution in [3.05, 3.63) is 48.6 Å². The molecule has 6 heteroatoms. The predicted octanol–water partition coefficient (Wildman–Crippen LogP) is 2.05. The standard InChI is InChI=1S/C18H25N5O/c1-19-18(21-11-7-16-5-4-14-24-16)22-15-8-12-23(13-9-15)17-6-2-3-10-20-17/h2-6,10,14-15H,7-9,11-13H2,1H3,(H2,19,21,22). The molecule has 2 N–H and O–H groups in total. The van der Waals surface area contributed by atoms with Crippen LogP contribution < -0.4 is 15.5 Å². The summed E-state index contributed by atoms with van der Waals surface area (Å²) in [6.07, 6.45) is 6.57. The van der Waals surface area contributed by atoms with Gasteiger partial charge in [-0.25, -0.2) is 4.98 Å². The summed E-state index contributed by atoms with van der Waals surface area (Å²) in [5, 5.41) is 6.87. The second-order valence-corrected chi connectivity index (χ2v) is 5.92. The average molecular weight is 327 g/mol. The quantitative estimate of drug-likeness (QED) is 0.650. The molecule has 0 atom stereocenters. The highest BCUT2D eigenvalue weighted by Crippen LogP contribution is 2.17. The van der Waals surface area contributed by atoms with Crippen molar-refractivity contribution in [2.24, 2.45) is 4.99 Å². The molecule has 1 aliphatic heterocycles. The second kappa shape index (κ2) is 8.38. The molecule has 0 amide bonds. The van der Waals surface area contributed by atoms with E-state index in [1.165, 1.54) is 0 Å². The summed E-state index contributed by atoms with van der Waals surface area (Å²) in [5.41, 5.74) is 0. The van der Waals surface area contributed by atoms with Crippen molar-refractivity contribution in [2.75, 3.05) is 31.6 Å². The van der Waals surface area contributed by atoms with E-state index in [0.717, 1.165) is 56.4 Å². The number of piperidine rings is 1. The fraction of sp³-hybridized carbons (Fsp3) is 0.444. The van der Waals surface area contributed by atoms with E-state index in [1.54, 1.807) is 6.26 Å². The average Bonchev–Trinajstić information content (AvgIpc) is 3.15. The van der Waals surface area contributed by atoms with Crippen LogP contribution in [0.25, 0.3) is 0 Å². The minimum atomic E-state index is 0.444. The van der Waals surface area contributed by atoms with Gasteiger partial charge in [-0.15, -0.1) is 0 Å². The minimum absolute atomic E-state index is 0.444. The van der Waals surface area contributed by atoms with E-state index in [-0.39, 0.29) is 0 Å². The van der Waals surface area contributed by atoms with E-state index in [1.807, 2.05) is 37.5 Å². The summed E-state index contributed by atoms with van der Waals surface area (Å²) >= 11 is 0. The molecule has 128 valence electrons. The Morgan fingerprint density at radius 2 is 2.17 bits per heavy atom. The monoisotopic (exact) mass is 327 g/mol. The molecule has 1 aliphatic rings. The number of aliphatic imine (C=N–C) groups is 1. The topological polar surface area (TPSA) is 65.7 Å². The Morgan fingerprint density at radius 1 is 1.29 bits per heavy atom. The van der Waals surface area contributed by atoms with Crippen LogP contribution in [0.4, 0.5) is 5.82 Å². The van der Waals surface area contributed by atoms with Crippen LogP contribution in [0, 0.1) is 0 Å². The predicted molar refractivity (Wildman–Crippen MR) is 96.4 cm³/mol. The lowest BCUT2D eigenvalue weighted by Gasteiger charge is -2.33. The first-order chi connectivity index (χ1) is 11.8. The summed E-state index contributed by atoms with van der Waals surface area (Å²) in [6, 6.07) is 10.4. The third-order valence-electron chi connectivity index (χ3n) is 4.28. The highest BCUT2D eigenvalue weighted by atomic mass is 16.3. The highest BCUT2D eigenvalue weighted by Gasteiger charge is 2.20. The van der Waals surface area contributed by atoms with Gasteiger partial charge in [0, 0.05) is 45.3 Å². The molecule has 0 aromatic carbocycles. The van der Waals surface area contributed by atoms with Crippen LogP contribution in [-0.2, 0) is 6.42 Å². The largest absolute Gasteiger partial charge is 0.469 e. The first kappa shape index (κ1) is 16.4. The fourth-order valence-corrected chi connectivity index (χ4v) is 2.94. The first-order valence-electron chi connectivity index (χ1n) is 8.50. The molecule has 24 heavy (non-hydrogen) atoms. The molecule has 0 bridgehead atoms. The van der Waals surface area contributed by atoms with Crippen molar-refractivity contribution in [1.82, 2.24) is 15.6 Å². The maximum absolute atomic E-state index is 5.34. The number of guanidine groups is 1. The summed E-state index contributed by atoms with van der Waals surface area (Å²) in [5.74, 6) is 2.91. The Bertz CT molecular complexity index is 618. The fourth-order valence-electron chi connectivity index (χ4n) is 2.94. The van der Waals surface area contributed by atoms with E-state index in [9.17, 15) is 0 Å². The zero-order chi connectivity index (χ0) is 16.6. The van der Waals surface area contributed by atoms with E-state index < -0.39 is 0 Å². The molecule has 0 spiro atoms. The number of pyridine rings is 1. The van der Waals surface area contributed by atoms with Gasteiger partial charge >= 0.3 is 0 Å². The Balaban J connectivity index is 1.41. The SMILES string of the molecule is CN=C(NCCc1ccco1)NC1CCN(c2ccccn2)CC1. The number of hydrogen-bond donors (Lipinski definition) is 2. The third-order valence-corrected chi connectivity index (χ3v) is 4.28. The molecule has 3 rings (SSSR count). The number of nitrogens with one attached hydrogen (secondary N) is 2. The Hall–Kier alpha value is -2.50. The van der Waals surface area contributed by atoms with Crippen LogP contribution in [0.1, 0.15) is 18.6 Å². The number of anilines is 1. The van der Waals surface area contributed by atoms with Gasteiger partial charge in [-0.05, 0) is 37.1 Å². The number of aromatic nitrogens is 1. The lowest BCUT2D eigenvalue weighted by atomic mass is 10.1. The highest BCUT2D eigenvalue weighted by molar-refractivity contribution is 5.80. The van der Waals surface area contributed by atoms with Crippen LogP contribution in [0.3, 0.4) is 0 Å². The van der Waals surface area contributed by atoms with Crippen LogP contribution in [-0.4, -0.2) is 43.7 Å². The van der Waals surface area contributed by atoms with Gasteiger partial charge in [0.15, 0.2) is 5.96 Å². The summed E-state index contributed by atoms with van der Waals surface area (Å²) in [6.45, 7) is 2.83. The second-order valence-electron chi connectivity index (χ2n) is 5.92. The van der Waals surface area contributed by atoms with Gasteiger partial charge in [0.25, 0.3) is 0 Å². The van der Waals surface area contributed by atoms with Gasteiger partial charge in [-0.2, -0.15) is 0 Å². The van der Waals surface area contributed by atoms with Crippen molar-refractivity contribution >= 4 is 11.8 Å². The number of rotatable bonds is 5. The van der Waals surface area contributed by atoms with Gasteiger partial charge in [-0.3, -0.25) is 4.99 Å². The van der Waals surface area contributed by atoms with E-state index in [2.05, 4.69) is 31.6 Å². The van der Waals surface area contributed by atoms with Crippen LogP contribution in [0.2, 0.25) is 0 Å².